The van der Waals surface area contributed by atoms with E-state index in [4.69, 9.17) is 0 Å². The van der Waals surface area contributed by atoms with Crippen molar-refractivity contribution in [3.05, 3.63) is 70.1 Å². The lowest BCUT2D eigenvalue weighted by Crippen LogP contribution is -2.32. The topological polar surface area (TPSA) is 93.1 Å². The van der Waals surface area contributed by atoms with Crippen LogP contribution >= 0.6 is 0 Å². The monoisotopic (exact) mass is 392 g/mol. The van der Waals surface area contributed by atoms with E-state index in [0.717, 1.165) is 5.56 Å². The van der Waals surface area contributed by atoms with Crippen molar-refractivity contribution in [3.8, 4) is 0 Å². The molecule has 0 saturated heterocycles. The lowest BCUT2D eigenvalue weighted by molar-refractivity contribution is -0.121. The van der Waals surface area contributed by atoms with Crippen molar-refractivity contribution >= 4 is 28.5 Å². The largest absolute Gasteiger partial charge is 0.356 e. The Morgan fingerprint density at radius 1 is 1.03 bits per heavy atom. The van der Waals surface area contributed by atoms with Crippen LogP contribution in [-0.4, -0.2) is 27.9 Å². The van der Waals surface area contributed by atoms with Crippen LogP contribution < -0.4 is 16.2 Å². The average molecular weight is 392 g/mol. The third-order valence-corrected chi connectivity index (χ3v) is 4.60. The first-order valence-electron chi connectivity index (χ1n) is 9.60. The van der Waals surface area contributed by atoms with Gasteiger partial charge in [0.25, 0.3) is 5.56 Å². The van der Waals surface area contributed by atoms with Gasteiger partial charge in [0.1, 0.15) is 12.2 Å². The summed E-state index contributed by atoms with van der Waals surface area (Å²) in [6.45, 7) is 4.15. The molecule has 0 aliphatic carbocycles. The van der Waals surface area contributed by atoms with Crippen molar-refractivity contribution in [3.63, 3.8) is 0 Å². The van der Waals surface area contributed by atoms with Crippen molar-refractivity contribution in [1.29, 1.82) is 0 Å². The fraction of sp³-hybridized carbons (Fsp3) is 0.273. The summed E-state index contributed by atoms with van der Waals surface area (Å²) in [7, 11) is 0. The SMILES string of the molecule is CCNC(=O)CCc1nc2ccccc2n(CC(=O)Nc2ccccc2C)c1=O. The molecule has 0 aliphatic heterocycles. The third-order valence-electron chi connectivity index (χ3n) is 4.60. The van der Waals surface area contributed by atoms with Gasteiger partial charge in [-0.05, 0) is 37.6 Å². The summed E-state index contributed by atoms with van der Waals surface area (Å²) in [5, 5.41) is 5.57. The second-order valence-corrected chi connectivity index (χ2v) is 6.76. The highest BCUT2D eigenvalue weighted by atomic mass is 16.2. The number of hydrogen-bond acceptors (Lipinski definition) is 4. The molecule has 1 aromatic heterocycles. The second kappa shape index (κ2) is 9.14. The number of fused-ring (bicyclic) bond motifs is 1. The predicted octanol–water partition coefficient (Wildman–Crippen LogP) is 2.41. The van der Waals surface area contributed by atoms with Gasteiger partial charge in [0, 0.05) is 25.1 Å². The summed E-state index contributed by atoms with van der Waals surface area (Å²) >= 11 is 0. The fourth-order valence-electron chi connectivity index (χ4n) is 3.13. The van der Waals surface area contributed by atoms with Crippen LogP contribution in [0.25, 0.3) is 11.0 Å². The van der Waals surface area contributed by atoms with Gasteiger partial charge in [-0.15, -0.1) is 0 Å². The second-order valence-electron chi connectivity index (χ2n) is 6.76. The molecule has 7 heteroatoms. The van der Waals surface area contributed by atoms with Crippen LogP contribution in [0.4, 0.5) is 5.69 Å². The zero-order valence-corrected chi connectivity index (χ0v) is 16.6. The van der Waals surface area contributed by atoms with Crippen LogP contribution in [0.5, 0.6) is 0 Å². The Bertz CT molecular complexity index is 1100. The minimum absolute atomic E-state index is 0.134. The van der Waals surface area contributed by atoms with Gasteiger partial charge in [-0.3, -0.25) is 19.0 Å². The fourth-order valence-corrected chi connectivity index (χ4v) is 3.13. The predicted molar refractivity (Wildman–Crippen MR) is 113 cm³/mol. The van der Waals surface area contributed by atoms with E-state index in [2.05, 4.69) is 15.6 Å². The van der Waals surface area contributed by atoms with Crippen LogP contribution in [0.2, 0.25) is 0 Å². The Kier molecular flexibility index (Phi) is 6.39. The summed E-state index contributed by atoms with van der Waals surface area (Å²) in [5.41, 5.74) is 2.77. The number of carbonyl (C=O) groups excluding carboxylic acids is 2. The molecule has 150 valence electrons. The van der Waals surface area contributed by atoms with E-state index in [1.54, 1.807) is 18.2 Å². The molecule has 2 amide bonds. The summed E-state index contributed by atoms with van der Waals surface area (Å²) < 4.78 is 1.42. The molecule has 29 heavy (non-hydrogen) atoms. The number of rotatable bonds is 7. The van der Waals surface area contributed by atoms with Crippen molar-refractivity contribution in [2.24, 2.45) is 0 Å². The van der Waals surface area contributed by atoms with Crippen LogP contribution in [-0.2, 0) is 22.6 Å². The molecule has 0 radical (unpaired) electrons. The first-order valence-corrected chi connectivity index (χ1v) is 9.60. The maximum atomic E-state index is 13.0. The molecule has 2 N–H and O–H groups in total. The Balaban J connectivity index is 1.90. The van der Waals surface area contributed by atoms with Gasteiger partial charge in [-0.2, -0.15) is 0 Å². The molecule has 0 saturated carbocycles. The van der Waals surface area contributed by atoms with E-state index in [1.807, 2.05) is 44.2 Å². The molecule has 0 bridgehead atoms. The van der Waals surface area contributed by atoms with Crippen LogP contribution in [0, 0.1) is 6.92 Å². The number of nitrogens with zero attached hydrogens (tertiary/aromatic N) is 2. The van der Waals surface area contributed by atoms with Gasteiger partial charge in [-0.1, -0.05) is 30.3 Å². The summed E-state index contributed by atoms with van der Waals surface area (Å²) in [6.07, 6.45) is 0.388. The van der Waals surface area contributed by atoms with E-state index in [1.165, 1.54) is 4.57 Å². The zero-order chi connectivity index (χ0) is 20.8. The number of hydrogen-bond donors (Lipinski definition) is 2. The van der Waals surface area contributed by atoms with Gasteiger partial charge >= 0.3 is 0 Å². The molecule has 7 nitrogen and oxygen atoms in total. The van der Waals surface area contributed by atoms with Crippen LogP contribution in [0.1, 0.15) is 24.6 Å². The minimum Gasteiger partial charge on any atom is -0.356 e. The average Bonchev–Trinajstić information content (AvgIpc) is 2.71. The highest BCUT2D eigenvalue weighted by molar-refractivity contribution is 5.92. The van der Waals surface area contributed by atoms with Crippen molar-refractivity contribution in [1.82, 2.24) is 14.9 Å². The van der Waals surface area contributed by atoms with Crippen molar-refractivity contribution in [2.45, 2.75) is 33.2 Å². The molecule has 3 aromatic rings. The van der Waals surface area contributed by atoms with Crippen LogP contribution in [0.3, 0.4) is 0 Å². The summed E-state index contributed by atoms with van der Waals surface area (Å²) in [6, 6.07) is 14.6. The van der Waals surface area contributed by atoms with E-state index >= 15 is 0 Å². The minimum atomic E-state index is -0.354. The zero-order valence-electron chi connectivity index (χ0n) is 16.6. The maximum absolute atomic E-state index is 13.0. The highest BCUT2D eigenvalue weighted by Crippen LogP contribution is 2.14. The standard InChI is InChI=1S/C22H24N4O3/c1-3-23-20(27)13-12-18-22(29)26(19-11-7-6-10-17(19)24-18)14-21(28)25-16-9-5-4-8-15(16)2/h4-11H,3,12-14H2,1-2H3,(H,23,27)(H,25,28). The van der Waals surface area contributed by atoms with Gasteiger partial charge < -0.3 is 10.6 Å². The number of amides is 2. The Morgan fingerprint density at radius 2 is 1.76 bits per heavy atom. The van der Waals surface area contributed by atoms with E-state index < -0.39 is 0 Å². The smallest absolute Gasteiger partial charge is 0.273 e. The van der Waals surface area contributed by atoms with E-state index in [-0.39, 0.29) is 42.5 Å². The van der Waals surface area contributed by atoms with Gasteiger partial charge in [0.2, 0.25) is 11.8 Å². The molecule has 0 aliphatic rings. The normalized spacial score (nSPS) is 10.7. The number of nitrogens with one attached hydrogen (secondary N) is 2. The maximum Gasteiger partial charge on any atom is 0.273 e. The number of anilines is 1. The Labute approximate surface area is 168 Å². The molecule has 2 aromatic carbocycles. The number of aryl methyl sites for hydroxylation is 2. The van der Waals surface area contributed by atoms with E-state index in [0.29, 0.717) is 23.3 Å². The molecule has 0 atom stereocenters. The van der Waals surface area contributed by atoms with Gasteiger partial charge in [0.05, 0.1) is 11.0 Å². The lowest BCUT2D eigenvalue weighted by Gasteiger charge is -2.13. The first-order chi connectivity index (χ1) is 14.0. The Hall–Kier alpha value is -3.48. The molecule has 3 rings (SSSR count). The Morgan fingerprint density at radius 3 is 2.52 bits per heavy atom. The molecule has 0 fully saturated rings. The molecular formula is C22H24N4O3. The van der Waals surface area contributed by atoms with Gasteiger partial charge in [-0.25, -0.2) is 4.98 Å². The number of benzene rings is 2. The molecular weight excluding hydrogens is 368 g/mol. The lowest BCUT2D eigenvalue weighted by atomic mass is 10.2. The number of para-hydroxylation sites is 3. The van der Waals surface area contributed by atoms with Crippen molar-refractivity contribution in [2.75, 3.05) is 11.9 Å². The van der Waals surface area contributed by atoms with Crippen LogP contribution in [0.15, 0.2) is 53.3 Å². The summed E-state index contributed by atoms with van der Waals surface area (Å²) in [4.78, 5) is 41.8. The number of carbonyl (C=O) groups is 2. The summed E-state index contributed by atoms with van der Waals surface area (Å²) in [5.74, 6) is -0.432. The van der Waals surface area contributed by atoms with E-state index in [9.17, 15) is 14.4 Å². The molecule has 1 heterocycles. The third kappa shape index (κ3) is 4.87. The van der Waals surface area contributed by atoms with Gasteiger partial charge in [0.15, 0.2) is 0 Å². The first kappa shape index (κ1) is 20.3. The molecule has 0 spiro atoms. The highest BCUT2D eigenvalue weighted by Gasteiger charge is 2.15. The van der Waals surface area contributed by atoms with Crippen molar-refractivity contribution < 1.29 is 9.59 Å². The quantitative estimate of drug-likeness (QED) is 0.646. The number of aromatic nitrogens is 2. The molecule has 0 unspecified atom stereocenters.